The molecule has 2 aromatic heterocycles. The standard InChI is InChI=1S/C17H20N4O2S/c22-17(15-2-1-11-24-15)21-5-3-13-14(4-6-21)18-12-19-16(13)20-7-9-23-10-8-20/h1-2,11-12H,3-10H2. The third-order valence-corrected chi connectivity index (χ3v) is 5.45. The van der Waals surface area contributed by atoms with Crippen LogP contribution in [-0.2, 0) is 17.6 Å². The molecule has 0 bridgehead atoms. The molecule has 0 N–H and O–H groups in total. The number of hydrogen-bond donors (Lipinski definition) is 0. The maximum atomic E-state index is 12.6. The highest BCUT2D eigenvalue weighted by Crippen LogP contribution is 2.25. The van der Waals surface area contributed by atoms with Gasteiger partial charge in [-0.25, -0.2) is 9.97 Å². The number of nitrogens with zero attached hydrogens (tertiary/aromatic N) is 4. The van der Waals surface area contributed by atoms with Crippen molar-refractivity contribution in [3.8, 4) is 0 Å². The molecule has 0 aliphatic carbocycles. The summed E-state index contributed by atoms with van der Waals surface area (Å²) >= 11 is 1.50. The topological polar surface area (TPSA) is 58.6 Å². The lowest BCUT2D eigenvalue weighted by Gasteiger charge is -2.29. The van der Waals surface area contributed by atoms with Crippen molar-refractivity contribution in [3.63, 3.8) is 0 Å². The summed E-state index contributed by atoms with van der Waals surface area (Å²) in [7, 11) is 0. The molecule has 1 saturated heterocycles. The first-order chi connectivity index (χ1) is 11.8. The van der Waals surface area contributed by atoms with Crippen LogP contribution in [0.3, 0.4) is 0 Å². The molecule has 7 heteroatoms. The van der Waals surface area contributed by atoms with E-state index in [1.807, 2.05) is 22.4 Å². The highest BCUT2D eigenvalue weighted by Gasteiger charge is 2.25. The first-order valence-electron chi connectivity index (χ1n) is 8.31. The molecule has 4 heterocycles. The van der Waals surface area contributed by atoms with E-state index < -0.39 is 0 Å². The fourth-order valence-electron chi connectivity index (χ4n) is 3.32. The van der Waals surface area contributed by atoms with Crippen molar-refractivity contribution in [3.05, 3.63) is 40.0 Å². The van der Waals surface area contributed by atoms with Crippen molar-refractivity contribution in [2.24, 2.45) is 0 Å². The van der Waals surface area contributed by atoms with Crippen LogP contribution >= 0.6 is 11.3 Å². The minimum Gasteiger partial charge on any atom is -0.378 e. The van der Waals surface area contributed by atoms with Crippen molar-refractivity contribution >= 4 is 23.1 Å². The Morgan fingerprint density at radius 1 is 1.12 bits per heavy atom. The van der Waals surface area contributed by atoms with Gasteiger partial charge in [-0.2, -0.15) is 0 Å². The van der Waals surface area contributed by atoms with Crippen LogP contribution in [0.25, 0.3) is 0 Å². The van der Waals surface area contributed by atoms with E-state index in [1.165, 1.54) is 16.9 Å². The Labute approximate surface area is 145 Å². The van der Waals surface area contributed by atoms with Crippen molar-refractivity contribution in [2.45, 2.75) is 12.8 Å². The molecule has 126 valence electrons. The molecule has 1 fully saturated rings. The Morgan fingerprint density at radius 2 is 1.96 bits per heavy atom. The second-order valence-electron chi connectivity index (χ2n) is 5.99. The zero-order chi connectivity index (χ0) is 16.4. The van der Waals surface area contributed by atoms with Gasteiger partial charge in [0.2, 0.25) is 0 Å². The SMILES string of the molecule is O=C(c1cccs1)N1CCc2ncnc(N3CCOCC3)c2CC1. The molecule has 6 nitrogen and oxygen atoms in total. The van der Waals surface area contributed by atoms with Gasteiger partial charge in [0.05, 0.1) is 23.8 Å². The van der Waals surface area contributed by atoms with Crippen molar-refractivity contribution in [1.29, 1.82) is 0 Å². The summed E-state index contributed by atoms with van der Waals surface area (Å²) < 4.78 is 5.44. The second-order valence-corrected chi connectivity index (χ2v) is 6.94. The van der Waals surface area contributed by atoms with Gasteiger partial charge in [-0.15, -0.1) is 11.3 Å². The van der Waals surface area contributed by atoms with E-state index in [2.05, 4.69) is 14.9 Å². The van der Waals surface area contributed by atoms with Gasteiger partial charge in [0.25, 0.3) is 5.91 Å². The van der Waals surface area contributed by atoms with Crippen LogP contribution in [0.15, 0.2) is 23.8 Å². The van der Waals surface area contributed by atoms with Gasteiger partial charge in [-0.1, -0.05) is 6.07 Å². The lowest BCUT2D eigenvalue weighted by atomic mass is 10.1. The number of fused-ring (bicyclic) bond motifs is 1. The van der Waals surface area contributed by atoms with Crippen molar-refractivity contribution in [1.82, 2.24) is 14.9 Å². The molecular weight excluding hydrogens is 324 g/mol. The maximum absolute atomic E-state index is 12.6. The van der Waals surface area contributed by atoms with Gasteiger partial charge in [0, 0.05) is 38.2 Å². The molecule has 0 atom stereocenters. The van der Waals surface area contributed by atoms with Gasteiger partial charge >= 0.3 is 0 Å². The average Bonchev–Trinajstić information content (AvgIpc) is 3.08. The van der Waals surface area contributed by atoms with Crippen molar-refractivity contribution < 1.29 is 9.53 Å². The Kier molecular flexibility index (Phi) is 4.44. The van der Waals surface area contributed by atoms with E-state index in [1.54, 1.807) is 6.33 Å². The number of aromatic nitrogens is 2. The maximum Gasteiger partial charge on any atom is 0.263 e. The van der Waals surface area contributed by atoms with Crippen LogP contribution in [0.1, 0.15) is 20.9 Å². The molecule has 2 aromatic rings. The summed E-state index contributed by atoms with van der Waals surface area (Å²) in [5, 5.41) is 1.95. The summed E-state index contributed by atoms with van der Waals surface area (Å²) in [6.07, 6.45) is 3.24. The Morgan fingerprint density at radius 3 is 2.75 bits per heavy atom. The van der Waals surface area contributed by atoms with E-state index in [0.29, 0.717) is 13.1 Å². The van der Waals surface area contributed by atoms with Crippen LogP contribution in [-0.4, -0.2) is 60.2 Å². The summed E-state index contributed by atoms with van der Waals surface area (Å²) in [4.78, 5) is 26.7. The number of carbonyl (C=O) groups is 1. The third-order valence-electron chi connectivity index (χ3n) is 4.59. The lowest BCUT2D eigenvalue weighted by Crippen LogP contribution is -2.37. The number of amides is 1. The van der Waals surface area contributed by atoms with Crippen LogP contribution in [0, 0.1) is 0 Å². The molecule has 4 rings (SSSR count). The first-order valence-corrected chi connectivity index (χ1v) is 9.19. The van der Waals surface area contributed by atoms with E-state index in [-0.39, 0.29) is 5.91 Å². The Balaban J connectivity index is 1.55. The first kappa shape index (κ1) is 15.5. The van der Waals surface area contributed by atoms with E-state index >= 15 is 0 Å². The fraction of sp³-hybridized carbons (Fsp3) is 0.471. The summed E-state index contributed by atoms with van der Waals surface area (Å²) in [5.74, 6) is 1.15. The predicted octanol–water partition coefficient (Wildman–Crippen LogP) is 1.62. The Bertz CT molecular complexity index is 713. The van der Waals surface area contributed by atoms with Gasteiger partial charge in [-0.05, 0) is 17.9 Å². The highest BCUT2D eigenvalue weighted by atomic mass is 32.1. The van der Waals surface area contributed by atoms with Crippen LogP contribution in [0.5, 0.6) is 0 Å². The molecule has 0 radical (unpaired) electrons. The third kappa shape index (κ3) is 3.01. The van der Waals surface area contributed by atoms with E-state index in [4.69, 9.17) is 4.74 Å². The van der Waals surface area contributed by atoms with Crippen LogP contribution in [0.4, 0.5) is 5.82 Å². The second kappa shape index (κ2) is 6.86. The molecule has 2 aliphatic heterocycles. The van der Waals surface area contributed by atoms with Gasteiger partial charge in [0.1, 0.15) is 12.1 Å². The molecule has 0 unspecified atom stereocenters. The van der Waals surface area contributed by atoms with Gasteiger partial charge < -0.3 is 14.5 Å². The average molecular weight is 344 g/mol. The molecule has 2 aliphatic rings. The largest absolute Gasteiger partial charge is 0.378 e. The minimum atomic E-state index is 0.124. The number of hydrogen-bond acceptors (Lipinski definition) is 6. The summed E-state index contributed by atoms with van der Waals surface area (Å²) in [5.41, 5.74) is 2.27. The van der Waals surface area contributed by atoms with Crippen molar-refractivity contribution in [2.75, 3.05) is 44.3 Å². The van der Waals surface area contributed by atoms with Crippen LogP contribution < -0.4 is 4.90 Å². The predicted molar refractivity (Wildman–Crippen MR) is 92.7 cm³/mol. The molecule has 0 saturated carbocycles. The number of rotatable bonds is 2. The fourth-order valence-corrected chi connectivity index (χ4v) is 4.01. The quantitative estimate of drug-likeness (QED) is 0.828. The summed E-state index contributed by atoms with van der Waals surface area (Å²) in [6.45, 7) is 4.63. The van der Waals surface area contributed by atoms with E-state index in [0.717, 1.165) is 55.5 Å². The molecule has 1 amide bonds. The summed E-state index contributed by atoms with van der Waals surface area (Å²) in [6, 6.07) is 3.82. The molecular formula is C17H20N4O2S. The number of morpholine rings is 1. The lowest BCUT2D eigenvalue weighted by molar-refractivity contribution is 0.0768. The number of carbonyl (C=O) groups excluding carboxylic acids is 1. The molecule has 0 aromatic carbocycles. The zero-order valence-corrected chi connectivity index (χ0v) is 14.3. The van der Waals surface area contributed by atoms with Crippen LogP contribution in [0.2, 0.25) is 0 Å². The van der Waals surface area contributed by atoms with Gasteiger partial charge in [0.15, 0.2) is 0 Å². The zero-order valence-electron chi connectivity index (χ0n) is 13.5. The molecule has 24 heavy (non-hydrogen) atoms. The monoisotopic (exact) mass is 344 g/mol. The van der Waals surface area contributed by atoms with Gasteiger partial charge in [-0.3, -0.25) is 4.79 Å². The Hall–Kier alpha value is -1.99. The van der Waals surface area contributed by atoms with E-state index in [9.17, 15) is 4.79 Å². The molecule has 0 spiro atoms. The highest BCUT2D eigenvalue weighted by molar-refractivity contribution is 7.12. The number of thiophene rings is 1. The smallest absolute Gasteiger partial charge is 0.263 e. The number of ether oxygens (including phenoxy) is 1. The normalized spacial score (nSPS) is 18.2. The number of anilines is 1. The minimum absolute atomic E-state index is 0.124.